The average Bonchev–Trinajstić information content (AvgIpc) is 2.56. The lowest BCUT2D eigenvalue weighted by atomic mass is 9.91. The van der Waals surface area contributed by atoms with E-state index in [0.717, 1.165) is 31.1 Å². The van der Waals surface area contributed by atoms with Crippen LogP contribution in [-0.4, -0.2) is 18.0 Å². The van der Waals surface area contributed by atoms with E-state index in [1.54, 1.807) is 0 Å². The first-order valence-corrected chi connectivity index (χ1v) is 8.41. The van der Waals surface area contributed by atoms with E-state index in [1.165, 1.54) is 18.6 Å². The quantitative estimate of drug-likeness (QED) is 0.714. The molecule has 2 aromatic carbocycles. The molecule has 0 radical (unpaired) electrons. The van der Waals surface area contributed by atoms with Crippen LogP contribution in [-0.2, 0) is 6.18 Å². The van der Waals surface area contributed by atoms with Crippen molar-refractivity contribution in [3.63, 3.8) is 0 Å². The van der Waals surface area contributed by atoms with E-state index in [0.29, 0.717) is 11.5 Å². The zero-order valence-electron chi connectivity index (χ0n) is 13.8. The molecule has 0 aliphatic carbocycles. The van der Waals surface area contributed by atoms with Gasteiger partial charge in [-0.05, 0) is 48.6 Å². The van der Waals surface area contributed by atoms with Crippen molar-refractivity contribution in [1.82, 2.24) is 4.90 Å². The van der Waals surface area contributed by atoms with Gasteiger partial charge in [-0.25, -0.2) is 0 Å². The molecule has 2 aromatic rings. The van der Waals surface area contributed by atoms with Crippen molar-refractivity contribution in [2.45, 2.75) is 32.0 Å². The van der Waals surface area contributed by atoms with Crippen LogP contribution in [0.25, 0.3) is 0 Å². The third-order valence-electron chi connectivity index (χ3n) is 4.70. The van der Waals surface area contributed by atoms with Crippen molar-refractivity contribution in [2.75, 3.05) is 13.1 Å². The molecule has 1 aliphatic heterocycles. The van der Waals surface area contributed by atoms with Crippen LogP contribution in [0.3, 0.4) is 0 Å². The zero-order chi connectivity index (χ0) is 17.2. The maximum absolute atomic E-state index is 13.1. The number of benzene rings is 2. The normalized spacial score (nSPS) is 20.8. The summed E-state index contributed by atoms with van der Waals surface area (Å²) in [5.41, 5.74) is 1.18. The van der Waals surface area contributed by atoms with Crippen LogP contribution in [0.15, 0.2) is 54.6 Å². The second-order valence-electron chi connectivity index (χ2n) is 6.68. The summed E-state index contributed by atoms with van der Waals surface area (Å²) in [7, 11) is 0. The number of rotatable bonds is 3. The molecule has 0 bridgehead atoms. The van der Waals surface area contributed by atoms with Crippen LogP contribution in [0.1, 0.15) is 42.5 Å². The maximum atomic E-state index is 13.1. The van der Waals surface area contributed by atoms with Crippen molar-refractivity contribution >= 4 is 0 Å². The van der Waals surface area contributed by atoms with E-state index in [1.807, 2.05) is 36.4 Å². The van der Waals surface area contributed by atoms with Crippen LogP contribution in [0, 0.1) is 5.92 Å². The molecule has 1 unspecified atom stereocenters. The van der Waals surface area contributed by atoms with E-state index in [9.17, 15) is 13.2 Å². The van der Waals surface area contributed by atoms with Gasteiger partial charge in [0.05, 0.1) is 11.6 Å². The Morgan fingerprint density at radius 3 is 2.38 bits per heavy atom. The molecule has 1 fully saturated rings. The van der Waals surface area contributed by atoms with Crippen LogP contribution in [0.4, 0.5) is 13.2 Å². The Bertz CT molecular complexity index is 666. The van der Waals surface area contributed by atoms with Crippen LogP contribution in [0.5, 0.6) is 0 Å². The summed E-state index contributed by atoms with van der Waals surface area (Å²) in [6.07, 6.45) is -2.05. The van der Waals surface area contributed by atoms with E-state index in [2.05, 4.69) is 11.8 Å². The fraction of sp³-hybridized carbons (Fsp3) is 0.400. The molecule has 0 N–H and O–H groups in total. The first kappa shape index (κ1) is 17.0. The number of halogens is 3. The highest BCUT2D eigenvalue weighted by atomic mass is 19.4. The Morgan fingerprint density at radius 1 is 1.00 bits per heavy atom. The molecule has 0 aromatic heterocycles. The minimum Gasteiger partial charge on any atom is -0.292 e. The smallest absolute Gasteiger partial charge is 0.292 e. The summed E-state index contributed by atoms with van der Waals surface area (Å²) in [5, 5.41) is 0. The Hall–Kier alpha value is -1.81. The van der Waals surface area contributed by atoms with Gasteiger partial charge in [0, 0.05) is 6.54 Å². The molecule has 3 rings (SSSR count). The number of hydrogen-bond donors (Lipinski definition) is 0. The molecule has 2 atom stereocenters. The standard InChI is InChI=1S/C20H22F3N/c1-15-7-6-12-24(14-15)19(16-8-3-2-4-9-16)17-10-5-11-18(13-17)20(21,22)23/h2-5,8-11,13,15,19H,6-7,12,14H2,1H3/t15-,19?/m0/s1. The number of alkyl halides is 3. The molecule has 24 heavy (non-hydrogen) atoms. The topological polar surface area (TPSA) is 3.24 Å². The molecular formula is C20H22F3N. The minimum absolute atomic E-state index is 0.128. The average molecular weight is 333 g/mol. The Labute approximate surface area is 141 Å². The van der Waals surface area contributed by atoms with E-state index < -0.39 is 11.7 Å². The second-order valence-corrected chi connectivity index (χ2v) is 6.68. The van der Waals surface area contributed by atoms with Crippen LogP contribution in [0.2, 0.25) is 0 Å². The van der Waals surface area contributed by atoms with Gasteiger partial charge >= 0.3 is 6.18 Å². The number of nitrogens with zero attached hydrogens (tertiary/aromatic N) is 1. The SMILES string of the molecule is C[C@H]1CCCN(C(c2ccccc2)c2cccc(C(F)(F)F)c2)C1. The predicted molar refractivity (Wildman–Crippen MR) is 89.7 cm³/mol. The summed E-state index contributed by atoms with van der Waals surface area (Å²) in [4.78, 5) is 2.32. The molecule has 1 heterocycles. The molecule has 128 valence electrons. The lowest BCUT2D eigenvalue weighted by Crippen LogP contribution is -2.38. The Balaban J connectivity index is 2.02. The maximum Gasteiger partial charge on any atom is 0.416 e. The van der Waals surface area contributed by atoms with Crippen molar-refractivity contribution < 1.29 is 13.2 Å². The van der Waals surface area contributed by atoms with Gasteiger partial charge < -0.3 is 0 Å². The van der Waals surface area contributed by atoms with Gasteiger partial charge in [0.25, 0.3) is 0 Å². The summed E-state index contributed by atoms with van der Waals surface area (Å²) >= 11 is 0. The van der Waals surface area contributed by atoms with E-state index >= 15 is 0 Å². The van der Waals surface area contributed by atoms with E-state index in [-0.39, 0.29) is 6.04 Å². The summed E-state index contributed by atoms with van der Waals surface area (Å²) < 4.78 is 39.4. The van der Waals surface area contributed by atoms with Crippen molar-refractivity contribution in [1.29, 1.82) is 0 Å². The first-order chi connectivity index (χ1) is 11.4. The lowest BCUT2D eigenvalue weighted by Gasteiger charge is -2.38. The predicted octanol–water partition coefficient (Wildman–Crippen LogP) is 5.53. The molecule has 1 saturated heterocycles. The minimum atomic E-state index is -4.31. The van der Waals surface area contributed by atoms with Crippen molar-refractivity contribution in [3.05, 3.63) is 71.3 Å². The Kier molecular flexibility index (Phi) is 4.95. The van der Waals surface area contributed by atoms with Crippen LogP contribution >= 0.6 is 0 Å². The summed E-state index contributed by atoms with van der Waals surface area (Å²) in [6, 6.07) is 15.5. The lowest BCUT2D eigenvalue weighted by molar-refractivity contribution is -0.137. The molecular weight excluding hydrogens is 311 g/mol. The van der Waals surface area contributed by atoms with Gasteiger partial charge in [-0.3, -0.25) is 4.90 Å². The third-order valence-corrected chi connectivity index (χ3v) is 4.70. The number of hydrogen-bond acceptors (Lipinski definition) is 1. The fourth-order valence-electron chi connectivity index (χ4n) is 3.59. The van der Waals surface area contributed by atoms with Crippen LogP contribution < -0.4 is 0 Å². The second kappa shape index (κ2) is 6.98. The molecule has 0 saturated carbocycles. The molecule has 1 aliphatic rings. The molecule has 1 nitrogen and oxygen atoms in total. The summed E-state index contributed by atoms with van der Waals surface area (Å²) in [6.45, 7) is 4.04. The summed E-state index contributed by atoms with van der Waals surface area (Å²) in [5.74, 6) is 0.566. The fourth-order valence-corrected chi connectivity index (χ4v) is 3.59. The highest BCUT2D eigenvalue weighted by Gasteiger charge is 2.32. The third kappa shape index (κ3) is 3.81. The van der Waals surface area contributed by atoms with Crippen molar-refractivity contribution in [2.24, 2.45) is 5.92 Å². The first-order valence-electron chi connectivity index (χ1n) is 8.41. The van der Waals surface area contributed by atoms with Gasteiger partial charge in [0.1, 0.15) is 0 Å². The monoisotopic (exact) mass is 333 g/mol. The highest BCUT2D eigenvalue weighted by molar-refractivity contribution is 5.35. The van der Waals surface area contributed by atoms with Gasteiger partial charge in [-0.1, -0.05) is 49.4 Å². The highest BCUT2D eigenvalue weighted by Crippen LogP contribution is 2.36. The molecule has 0 amide bonds. The Morgan fingerprint density at radius 2 is 1.71 bits per heavy atom. The largest absolute Gasteiger partial charge is 0.416 e. The zero-order valence-corrected chi connectivity index (χ0v) is 13.8. The number of piperidine rings is 1. The van der Waals surface area contributed by atoms with Crippen molar-refractivity contribution in [3.8, 4) is 0 Å². The van der Waals surface area contributed by atoms with E-state index in [4.69, 9.17) is 0 Å². The molecule has 0 spiro atoms. The van der Waals surface area contributed by atoms with Gasteiger partial charge in [0.15, 0.2) is 0 Å². The van der Waals surface area contributed by atoms with Gasteiger partial charge in [0.2, 0.25) is 0 Å². The molecule has 4 heteroatoms. The number of likely N-dealkylation sites (tertiary alicyclic amines) is 1. The van der Waals surface area contributed by atoms with Gasteiger partial charge in [-0.15, -0.1) is 0 Å². The van der Waals surface area contributed by atoms with Gasteiger partial charge in [-0.2, -0.15) is 13.2 Å².